The van der Waals surface area contributed by atoms with Crippen LogP contribution in [0.3, 0.4) is 0 Å². The van der Waals surface area contributed by atoms with Gasteiger partial charge in [-0.15, -0.1) is 0 Å². The lowest BCUT2D eigenvalue weighted by molar-refractivity contribution is 0.0686. The van der Waals surface area contributed by atoms with E-state index in [0.717, 1.165) is 33.4 Å². The van der Waals surface area contributed by atoms with Crippen molar-refractivity contribution in [2.24, 2.45) is 5.92 Å². The molecule has 0 heterocycles. The van der Waals surface area contributed by atoms with Crippen molar-refractivity contribution in [2.45, 2.75) is 27.2 Å². The Morgan fingerprint density at radius 1 is 0.686 bits per heavy atom. The molecule has 0 atom stereocenters. The quantitative estimate of drug-likeness (QED) is 0.295. The van der Waals surface area contributed by atoms with E-state index in [9.17, 15) is 19.8 Å². The second kappa shape index (κ2) is 9.98. The third kappa shape index (κ3) is 4.73. The molecule has 2 N–H and O–H groups in total. The Morgan fingerprint density at radius 3 is 1.69 bits per heavy atom. The number of rotatable bonds is 7. The fourth-order valence-electron chi connectivity index (χ4n) is 4.77. The predicted molar refractivity (Wildman–Crippen MR) is 140 cm³/mol. The number of benzene rings is 4. The molecule has 0 spiro atoms. The van der Waals surface area contributed by atoms with Crippen LogP contribution in [0.2, 0.25) is 0 Å². The van der Waals surface area contributed by atoms with Gasteiger partial charge in [-0.3, -0.25) is 0 Å². The van der Waals surface area contributed by atoms with Crippen LogP contribution in [0.4, 0.5) is 0 Å². The van der Waals surface area contributed by atoms with E-state index in [0.29, 0.717) is 23.5 Å². The first-order valence-corrected chi connectivity index (χ1v) is 11.7. The summed E-state index contributed by atoms with van der Waals surface area (Å²) in [6, 6.07) is 26.1. The molecule has 4 aromatic rings. The lowest BCUT2D eigenvalue weighted by Gasteiger charge is -2.25. The largest absolute Gasteiger partial charge is 0.478 e. The zero-order valence-corrected chi connectivity index (χ0v) is 20.1. The highest BCUT2D eigenvalue weighted by Gasteiger charge is 2.25. The summed E-state index contributed by atoms with van der Waals surface area (Å²) in [5, 5.41) is 20.0. The van der Waals surface area contributed by atoms with Crippen LogP contribution in [0, 0.1) is 12.8 Å². The molecule has 0 aliphatic rings. The zero-order chi connectivity index (χ0) is 25.1. The Morgan fingerprint density at radius 2 is 1.17 bits per heavy atom. The second-order valence-corrected chi connectivity index (χ2v) is 9.14. The molecule has 176 valence electrons. The SMILES string of the molecule is Cc1cc(-c2ccccc2)c(CC(C)C)c(-c2ccccc2C(=O)O)c1-c1ccccc1C(=O)O. The summed E-state index contributed by atoms with van der Waals surface area (Å²) in [5.41, 5.74) is 7.06. The van der Waals surface area contributed by atoms with Crippen LogP contribution >= 0.6 is 0 Å². The molecular formula is C31H28O4. The molecule has 0 saturated heterocycles. The summed E-state index contributed by atoms with van der Waals surface area (Å²) in [6.07, 6.45) is 0.704. The van der Waals surface area contributed by atoms with Crippen molar-refractivity contribution >= 4 is 11.9 Å². The molecular weight excluding hydrogens is 436 g/mol. The zero-order valence-electron chi connectivity index (χ0n) is 20.1. The van der Waals surface area contributed by atoms with Gasteiger partial charge in [0, 0.05) is 0 Å². The van der Waals surface area contributed by atoms with Crippen molar-refractivity contribution in [1.29, 1.82) is 0 Å². The molecule has 0 amide bonds. The smallest absolute Gasteiger partial charge is 0.336 e. The van der Waals surface area contributed by atoms with Gasteiger partial charge in [0.15, 0.2) is 0 Å². The van der Waals surface area contributed by atoms with Crippen molar-refractivity contribution in [3.63, 3.8) is 0 Å². The molecule has 4 heteroatoms. The van der Waals surface area contributed by atoms with Gasteiger partial charge in [-0.25, -0.2) is 9.59 Å². The topological polar surface area (TPSA) is 74.6 Å². The highest BCUT2D eigenvalue weighted by molar-refractivity contribution is 6.05. The molecule has 4 aromatic carbocycles. The third-order valence-electron chi connectivity index (χ3n) is 6.18. The highest BCUT2D eigenvalue weighted by Crippen LogP contribution is 2.45. The number of carboxylic acids is 2. The Hall–Kier alpha value is -4.18. The minimum atomic E-state index is -1.02. The fraction of sp³-hybridized carbons (Fsp3) is 0.161. The Bertz CT molecular complexity index is 1400. The molecule has 0 saturated carbocycles. The van der Waals surface area contributed by atoms with E-state index in [4.69, 9.17) is 0 Å². The van der Waals surface area contributed by atoms with E-state index in [2.05, 4.69) is 32.0 Å². The average Bonchev–Trinajstić information content (AvgIpc) is 2.84. The fourth-order valence-corrected chi connectivity index (χ4v) is 4.77. The van der Waals surface area contributed by atoms with Crippen molar-refractivity contribution in [3.8, 4) is 33.4 Å². The summed E-state index contributed by atoms with van der Waals surface area (Å²) in [7, 11) is 0. The molecule has 0 unspecified atom stereocenters. The molecule has 0 radical (unpaired) electrons. The van der Waals surface area contributed by atoms with Crippen LogP contribution in [-0.4, -0.2) is 22.2 Å². The van der Waals surface area contributed by atoms with Gasteiger partial charge in [0.1, 0.15) is 0 Å². The number of carboxylic acid groups (broad SMARTS) is 2. The number of aryl methyl sites for hydroxylation is 1. The average molecular weight is 465 g/mol. The maximum absolute atomic E-state index is 12.3. The molecule has 0 aromatic heterocycles. The number of aromatic carboxylic acids is 2. The molecule has 0 aliphatic heterocycles. The van der Waals surface area contributed by atoms with Crippen LogP contribution in [-0.2, 0) is 6.42 Å². The maximum atomic E-state index is 12.3. The monoisotopic (exact) mass is 464 g/mol. The van der Waals surface area contributed by atoms with E-state index in [-0.39, 0.29) is 11.1 Å². The Kier molecular flexibility index (Phi) is 6.83. The molecule has 0 bridgehead atoms. The lowest BCUT2D eigenvalue weighted by Crippen LogP contribution is -2.08. The molecule has 0 aliphatic carbocycles. The van der Waals surface area contributed by atoms with E-state index in [1.54, 1.807) is 30.3 Å². The highest BCUT2D eigenvalue weighted by atomic mass is 16.4. The first kappa shape index (κ1) is 24.0. The minimum Gasteiger partial charge on any atom is -0.478 e. The van der Waals surface area contributed by atoms with Gasteiger partial charge < -0.3 is 10.2 Å². The standard InChI is InChI=1S/C31H28O4/c1-19(2)17-27-26(21-11-5-4-6-12-21)18-20(3)28(22-13-7-9-15-24(22)30(32)33)29(27)23-14-8-10-16-25(23)31(34)35/h4-16,18-19H,17H2,1-3H3,(H,32,33)(H,34,35). The molecule has 0 fully saturated rings. The van der Waals surface area contributed by atoms with E-state index in [1.807, 2.05) is 43.3 Å². The summed E-state index contributed by atoms with van der Waals surface area (Å²) < 4.78 is 0. The Labute approximate surface area is 205 Å². The van der Waals surface area contributed by atoms with Gasteiger partial charge in [0.25, 0.3) is 0 Å². The first-order chi connectivity index (χ1) is 16.8. The van der Waals surface area contributed by atoms with Gasteiger partial charge in [0.05, 0.1) is 11.1 Å². The summed E-state index contributed by atoms with van der Waals surface area (Å²) in [5.74, 6) is -1.75. The van der Waals surface area contributed by atoms with Crippen molar-refractivity contribution in [2.75, 3.05) is 0 Å². The number of hydrogen-bond donors (Lipinski definition) is 2. The third-order valence-corrected chi connectivity index (χ3v) is 6.18. The van der Waals surface area contributed by atoms with Gasteiger partial charge in [0.2, 0.25) is 0 Å². The van der Waals surface area contributed by atoms with Crippen molar-refractivity contribution < 1.29 is 19.8 Å². The summed E-state index contributed by atoms with van der Waals surface area (Å²) in [4.78, 5) is 24.5. The Balaban J connectivity index is 2.23. The maximum Gasteiger partial charge on any atom is 0.336 e. The lowest BCUT2D eigenvalue weighted by atomic mass is 9.78. The summed E-state index contributed by atoms with van der Waals surface area (Å²) >= 11 is 0. The molecule has 4 rings (SSSR count). The van der Waals surface area contributed by atoms with Crippen LogP contribution < -0.4 is 0 Å². The normalized spacial score (nSPS) is 11.0. The first-order valence-electron chi connectivity index (χ1n) is 11.7. The molecule has 35 heavy (non-hydrogen) atoms. The van der Waals surface area contributed by atoms with Gasteiger partial charge in [-0.05, 0) is 75.9 Å². The van der Waals surface area contributed by atoms with Crippen LogP contribution in [0.15, 0.2) is 84.9 Å². The predicted octanol–water partition coefficient (Wildman–Crippen LogP) is 7.59. The number of hydrogen-bond acceptors (Lipinski definition) is 2. The van der Waals surface area contributed by atoms with E-state index >= 15 is 0 Å². The van der Waals surface area contributed by atoms with Crippen LogP contribution in [0.25, 0.3) is 33.4 Å². The van der Waals surface area contributed by atoms with Gasteiger partial charge >= 0.3 is 11.9 Å². The molecule has 4 nitrogen and oxygen atoms in total. The van der Waals surface area contributed by atoms with Crippen LogP contribution in [0.5, 0.6) is 0 Å². The van der Waals surface area contributed by atoms with Gasteiger partial charge in [-0.2, -0.15) is 0 Å². The van der Waals surface area contributed by atoms with Crippen molar-refractivity contribution in [1.82, 2.24) is 0 Å². The minimum absolute atomic E-state index is 0.188. The summed E-state index contributed by atoms with van der Waals surface area (Å²) in [6.45, 7) is 6.23. The second-order valence-electron chi connectivity index (χ2n) is 9.14. The number of carbonyl (C=O) groups is 2. The van der Waals surface area contributed by atoms with Crippen LogP contribution in [0.1, 0.15) is 45.7 Å². The van der Waals surface area contributed by atoms with E-state index < -0.39 is 11.9 Å². The van der Waals surface area contributed by atoms with E-state index in [1.165, 1.54) is 0 Å². The van der Waals surface area contributed by atoms with Crippen molar-refractivity contribution in [3.05, 3.63) is 107 Å². The van der Waals surface area contributed by atoms with Gasteiger partial charge in [-0.1, -0.05) is 86.6 Å².